The van der Waals surface area contributed by atoms with Crippen molar-refractivity contribution in [1.29, 1.82) is 10.5 Å². The van der Waals surface area contributed by atoms with Gasteiger partial charge in [0.25, 0.3) is 0 Å². The number of Topliss-reactive ketones (excluding diaryl/α,β-unsaturated/α-hetero) is 1. The fraction of sp³-hybridized carbons (Fsp3) is 0.471. The van der Waals surface area contributed by atoms with Crippen LogP contribution in [0.1, 0.15) is 37.0 Å². The molecule has 0 aliphatic carbocycles. The predicted octanol–water partition coefficient (Wildman–Crippen LogP) is 3.50. The standard InChI is InChI=1S/C17H21N3OS/c1-17(2,20(12-4-10-18)13-5-11-19)16(21)14-6-8-15(22-3)9-7-14/h6-9H,4-5,12-13H2,1-3H3. The average molecular weight is 315 g/mol. The van der Waals surface area contributed by atoms with E-state index in [-0.39, 0.29) is 5.78 Å². The molecule has 1 aromatic carbocycles. The fourth-order valence-corrected chi connectivity index (χ4v) is 2.69. The summed E-state index contributed by atoms with van der Waals surface area (Å²) in [5.41, 5.74) is -0.0871. The van der Waals surface area contributed by atoms with Gasteiger partial charge < -0.3 is 0 Å². The second-order valence-electron chi connectivity index (χ2n) is 5.42. The van der Waals surface area contributed by atoms with E-state index in [1.807, 2.05) is 49.3 Å². The molecule has 0 aliphatic rings. The molecule has 5 heteroatoms. The van der Waals surface area contributed by atoms with Gasteiger partial charge in [-0.3, -0.25) is 9.69 Å². The largest absolute Gasteiger partial charge is 0.292 e. The van der Waals surface area contributed by atoms with Gasteiger partial charge in [-0.05, 0) is 32.2 Å². The van der Waals surface area contributed by atoms with Crippen LogP contribution in [0, 0.1) is 22.7 Å². The highest BCUT2D eigenvalue weighted by atomic mass is 32.2. The van der Waals surface area contributed by atoms with Gasteiger partial charge >= 0.3 is 0 Å². The maximum atomic E-state index is 12.8. The van der Waals surface area contributed by atoms with Crippen molar-refractivity contribution in [3.63, 3.8) is 0 Å². The normalized spacial score (nSPS) is 11.0. The van der Waals surface area contributed by atoms with Crippen molar-refractivity contribution >= 4 is 17.5 Å². The minimum Gasteiger partial charge on any atom is -0.292 e. The molecule has 0 radical (unpaired) electrons. The van der Waals surface area contributed by atoms with E-state index < -0.39 is 5.54 Å². The van der Waals surface area contributed by atoms with Crippen molar-refractivity contribution < 1.29 is 4.79 Å². The number of hydrogen-bond donors (Lipinski definition) is 0. The molecule has 0 aliphatic heterocycles. The highest BCUT2D eigenvalue weighted by Gasteiger charge is 2.34. The number of carbonyl (C=O) groups excluding carboxylic acids is 1. The zero-order chi connectivity index (χ0) is 16.6. The summed E-state index contributed by atoms with van der Waals surface area (Å²) in [6.07, 6.45) is 2.67. The van der Waals surface area contributed by atoms with E-state index in [0.717, 1.165) is 4.90 Å². The molecule has 0 atom stereocenters. The Labute approximate surface area is 136 Å². The topological polar surface area (TPSA) is 67.9 Å². The van der Waals surface area contributed by atoms with Crippen LogP contribution in [0.2, 0.25) is 0 Å². The Hall–Kier alpha value is -1.82. The molecule has 0 amide bonds. The van der Waals surface area contributed by atoms with Gasteiger partial charge in [-0.2, -0.15) is 10.5 Å². The summed E-state index contributed by atoms with van der Waals surface area (Å²) >= 11 is 1.63. The van der Waals surface area contributed by atoms with Gasteiger partial charge in [-0.15, -0.1) is 11.8 Å². The van der Waals surface area contributed by atoms with Crippen molar-refractivity contribution in [3.8, 4) is 12.1 Å². The van der Waals surface area contributed by atoms with Crippen molar-refractivity contribution in [1.82, 2.24) is 4.90 Å². The van der Waals surface area contributed by atoms with Gasteiger partial charge in [-0.1, -0.05) is 12.1 Å². The Morgan fingerprint density at radius 3 is 2.05 bits per heavy atom. The quantitative estimate of drug-likeness (QED) is 0.542. The number of ketones is 1. The van der Waals surface area contributed by atoms with E-state index in [0.29, 0.717) is 31.5 Å². The summed E-state index contributed by atoms with van der Waals surface area (Å²) in [4.78, 5) is 15.9. The number of nitrogens with zero attached hydrogens (tertiary/aromatic N) is 3. The second-order valence-corrected chi connectivity index (χ2v) is 6.30. The van der Waals surface area contributed by atoms with Crippen LogP contribution in [0.15, 0.2) is 29.2 Å². The molecule has 0 heterocycles. The molecule has 22 heavy (non-hydrogen) atoms. The van der Waals surface area contributed by atoms with Crippen LogP contribution in [0.3, 0.4) is 0 Å². The van der Waals surface area contributed by atoms with Gasteiger partial charge in [-0.25, -0.2) is 0 Å². The molecular formula is C17H21N3OS. The first kappa shape index (κ1) is 18.2. The van der Waals surface area contributed by atoms with Gasteiger partial charge in [0.1, 0.15) is 0 Å². The summed E-state index contributed by atoms with van der Waals surface area (Å²) in [5, 5.41) is 17.6. The van der Waals surface area contributed by atoms with Crippen LogP contribution in [0.5, 0.6) is 0 Å². The van der Waals surface area contributed by atoms with Gasteiger partial charge in [0.05, 0.1) is 17.7 Å². The molecular weight excluding hydrogens is 294 g/mol. The van der Waals surface area contributed by atoms with E-state index >= 15 is 0 Å². The molecule has 0 saturated heterocycles. The van der Waals surface area contributed by atoms with E-state index in [4.69, 9.17) is 10.5 Å². The van der Waals surface area contributed by atoms with Crippen molar-refractivity contribution in [2.75, 3.05) is 19.3 Å². The van der Waals surface area contributed by atoms with Crippen LogP contribution < -0.4 is 0 Å². The molecule has 4 nitrogen and oxygen atoms in total. The highest BCUT2D eigenvalue weighted by Crippen LogP contribution is 2.23. The second kappa shape index (κ2) is 8.58. The lowest BCUT2D eigenvalue weighted by atomic mass is 9.90. The minimum absolute atomic E-state index is 0.0102. The predicted molar refractivity (Wildman–Crippen MR) is 88.7 cm³/mol. The van der Waals surface area contributed by atoms with Crippen LogP contribution in [0.25, 0.3) is 0 Å². The van der Waals surface area contributed by atoms with Gasteiger partial charge in [0.2, 0.25) is 0 Å². The van der Waals surface area contributed by atoms with Crippen molar-refractivity contribution in [3.05, 3.63) is 29.8 Å². The third-order valence-corrected chi connectivity index (χ3v) is 4.43. The first-order valence-corrected chi connectivity index (χ1v) is 8.37. The first-order chi connectivity index (χ1) is 10.5. The van der Waals surface area contributed by atoms with Crippen LogP contribution in [0.4, 0.5) is 0 Å². The molecule has 0 spiro atoms. The highest BCUT2D eigenvalue weighted by molar-refractivity contribution is 7.98. The molecule has 116 valence electrons. The Bertz CT molecular complexity index is 563. The summed E-state index contributed by atoms with van der Waals surface area (Å²) in [5.74, 6) is 0.0102. The molecule has 0 saturated carbocycles. The van der Waals surface area contributed by atoms with Crippen LogP contribution in [-0.2, 0) is 0 Å². The summed E-state index contributed by atoms with van der Waals surface area (Å²) in [7, 11) is 0. The zero-order valence-electron chi connectivity index (χ0n) is 13.3. The number of carbonyl (C=O) groups is 1. The maximum Gasteiger partial charge on any atom is 0.182 e. The Balaban J connectivity index is 2.97. The zero-order valence-corrected chi connectivity index (χ0v) is 14.1. The third kappa shape index (κ3) is 4.59. The first-order valence-electron chi connectivity index (χ1n) is 7.15. The van der Waals surface area contributed by atoms with Gasteiger partial charge in [0.15, 0.2) is 5.78 Å². The number of rotatable bonds is 8. The monoisotopic (exact) mass is 315 g/mol. The molecule has 1 aromatic rings. The smallest absolute Gasteiger partial charge is 0.182 e. The third-order valence-electron chi connectivity index (χ3n) is 3.69. The molecule has 0 fully saturated rings. The van der Waals surface area contributed by atoms with Gasteiger partial charge in [0, 0.05) is 36.4 Å². The minimum atomic E-state index is -0.741. The summed E-state index contributed by atoms with van der Waals surface area (Å²) in [6, 6.07) is 11.7. The molecule has 0 bridgehead atoms. The lowest BCUT2D eigenvalue weighted by Crippen LogP contribution is -2.50. The summed E-state index contributed by atoms with van der Waals surface area (Å²) < 4.78 is 0. The Morgan fingerprint density at radius 1 is 1.14 bits per heavy atom. The molecule has 1 rings (SSSR count). The Kier molecular flexibility index (Phi) is 7.11. The fourth-order valence-electron chi connectivity index (χ4n) is 2.28. The Morgan fingerprint density at radius 2 is 1.64 bits per heavy atom. The SMILES string of the molecule is CSc1ccc(C(=O)C(C)(C)N(CCC#N)CCC#N)cc1. The summed E-state index contributed by atoms with van der Waals surface area (Å²) in [6.45, 7) is 4.68. The van der Waals surface area contributed by atoms with E-state index in [1.165, 1.54) is 0 Å². The molecule has 0 N–H and O–H groups in total. The lowest BCUT2D eigenvalue weighted by Gasteiger charge is -2.36. The van der Waals surface area contributed by atoms with Crippen LogP contribution >= 0.6 is 11.8 Å². The van der Waals surface area contributed by atoms with Crippen molar-refractivity contribution in [2.24, 2.45) is 0 Å². The van der Waals surface area contributed by atoms with Crippen molar-refractivity contribution in [2.45, 2.75) is 37.1 Å². The molecule has 0 unspecified atom stereocenters. The lowest BCUT2D eigenvalue weighted by molar-refractivity contribution is 0.0650. The maximum absolute atomic E-state index is 12.8. The van der Waals surface area contributed by atoms with E-state index in [9.17, 15) is 4.79 Å². The number of nitriles is 2. The molecule has 0 aromatic heterocycles. The number of thioether (sulfide) groups is 1. The van der Waals surface area contributed by atoms with Crippen LogP contribution in [-0.4, -0.2) is 35.6 Å². The number of benzene rings is 1. The average Bonchev–Trinajstić information content (AvgIpc) is 2.54. The van der Waals surface area contributed by atoms with E-state index in [2.05, 4.69) is 12.1 Å². The van der Waals surface area contributed by atoms with E-state index in [1.54, 1.807) is 11.8 Å². The number of hydrogen-bond acceptors (Lipinski definition) is 5.